The van der Waals surface area contributed by atoms with E-state index in [1.807, 2.05) is 6.07 Å². The Kier molecular flexibility index (Phi) is 4.47. The summed E-state index contributed by atoms with van der Waals surface area (Å²) in [6.45, 7) is 1.96. The minimum absolute atomic E-state index is 0.0729. The van der Waals surface area contributed by atoms with Gasteiger partial charge in [-0.3, -0.25) is 14.2 Å². The molecule has 2 aromatic rings. The minimum atomic E-state index is -0.458. The van der Waals surface area contributed by atoms with Crippen molar-refractivity contribution in [3.63, 3.8) is 0 Å². The molecule has 0 aliphatic heterocycles. The number of rotatable bonds is 5. The number of para-hydroxylation sites is 1. The molecule has 1 atom stereocenters. The third-order valence-electron chi connectivity index (χ3n) is 2.93. The van der Waals surface area contributed by atoms with Crippen LogP contribution in [0.15, 0.2) is 35.4 Å². The van der Waals surface area contributed by atoms with Crippen LogP contribution in [0.25, 0.3) is 10.9 Å². The summed E-state index contributed by atoms with van der Waals surface area (Å²) in [6.07, 6.45) is 1.40. The zero-order valence-electron chi connectivity index (χ0n) is 11.2. The number of carbonyl (C=O) groups excluding carboxylic acids is 1. The van der Waals surface area contributed by atoms with Gasteiger partial charge in [-0.1, -0.05) is 12.1 Å². The van der Waals surface area contributed by atoms with E-state index >= 15 is 0 Å². The number of hydrogen-bond donors (Lipinski definition) is 2. The third-order valence-corrected chi connectivity index (χ3v) is 2.93. The largest absolute Gasteiger partial charge is 0.393 e. The van der Waals surface area contributed by atoms with Crippen molar-refractivity contribution in [3.05, 3.63) is 40.9 Å². The van der Waals surface area contributed by atoms with E-state index in [9.17, 15) is 9.59 Å². The lowest BCUT2D eigenvalue weighted by Crippen LogP contribution is -2.33. The molecular formula is C14H17N3O3. The Balaban J connectivity index is 2.08. The Bertz CT molecular complexity index is 664. The van der Waals surface area contributed by atoms with E-state index < -0.39 is 6.10 Å². The van der Waals surface area contributed by atoms with Crippen LogP contribution in [-0.4, -0.2) is 33.2 Å². The highest BCUT2D eigenvalue weighted by Gasteiger charge is 2.07. The lowest BCUT2D eigenvalue weighted by Gasteiger charge is -2.08. The molecule has 0 fully saturated rings. The van der Waals surface area contributed by atoms with Gasteiger partial charge in [-0.05, 0) is 25.5 Å². The number of benzene rings is 1. The zero-order chi connectivity index (χ0) is 14.5. The zero-order valence-corrected chi connectivity index (χ0v) is 11.2. The second-order valence-electron chi connectivity index (χ2n) is 4.68. The summed E-state index contributed by atoms with van der Waals surface area (Å²) in [5.41, 5.74) is 0.379. The van der Waals surface area contributed by atoms with Crippen LogP contribution < -0.4 is 10.9 Å². The van der Waals surface area contributed by atoms with Crippen molar-refractivity contribution in [2.24, 2.45) is 0 Å². The summed E-state index contributed by atoms with van der Waals surface area (Å²) in [7, 11) is 0. The normalized spacial score (nSPS) is 12.3. The standard InChI is InChI=1S/C14H17N3O3/c1-10(18)6-7-15-13(19)8-17-9-16-12-5-3-2-4-11(12)14(17)20/h2-5,9-10,18H,6-8H2,1H3,(H,15,19). The first kappa shape index (κ1) is 14.2. The molecule has 6 nitrogen and oxygen atoms in total. The van der Waals surface area contributed by atoms with Gasteiger partial charge in [0.15, 0.2) is 0 Å². The molecule has 2 N–H and O–H groups in total. The Morgan fingerprint density at radius 1 is 1.45 bits per heavy atom. The molecule has 1 unspecified atom stereocenters. The van der Waals surface area contributed by atoms with Gasteiger partial charge < -0.3 is 10.4 Å². The minimum Gasteiger partial charge on any atom is -0.393 e. The predicted octanol–water partition coefficient (Wildman–Crippen LogP) is 0.284. The summed E-state index contributed by atoms with van der Waals surface area (Å²) in [5, 5.41) is 12.2. The highest BCUT2D eigenvalue weighted by molar-refractivity contribution is 5.78. The van der Waals surface area contributed by atoms with Gasteiger partial charge in [0.2, 0.25) is 5.91 Å². The highest BCUT2D eigenvalue weighted by atomic mass is 16.3. The molecule has 6 heteroatoms. The van der Waals surface area contributed by atoms with E-state index in [2.05, 4.69) is 10.3 Å². The second kappa shape index (κ2) is 6.29. The van der Waals surface area contributed by atoms with Gasteiger partial charge in [-0.15, -0.1) is 0 Å². The number of aliphatic hydroxyl groups is 1. The van der Waals surface area contributed by atoms with Gasteiger partial charge in [0.25, 0.3) is 5.56 Å². The van der Waals surface area contributed by atoms with Crippen LogP contribution in [0.5, 0.6) is 0 Å². The lowest BCUT2D eigenvalue weighted by atomic mass is 10.2. The smallest absolute Gasteiger partial charge is 0.261 e. The molecule has 0 aliphatic rings. The molecule has 1 heterocycles. The number of carbonyl (C=O) groups is 1. The lowest BCUT2D eigenvalue weighted by molar-refractivity contribution is -0.121. The van der Waals surface area contributed by atoms with Crippen LogP contribution in [0.4, 0.5) is 0 Å². The molecule has 0 bridgehead atoms. The second-order valence-corrected chi connectivity index (χ2v) is 4.68. The SMILES string of the molecule is CC(O)CCNC(=O)Cn1cnc2ccccc2c1=O. The number of hydrogen-bond acceptors (Lipinski definition) is 4. The van der Waals surface area contributed by atoms with Gasteiger partial charge in [0.1, 0.15) is 6.54 Å². The molecule has 0 saturated carbocycles. The van der Waals surface area contributed by atoms with Gasteiger partial charge in [0.05, 0.1) is 23.3 Å². The van der Waals surface area contributed by atoms with E-state index in [1.54, 1.807) is 25.1 Å². The molecule has 1 aromatic carbocycles. The fraction of sp³-hybridized carbons (Fsp3) is 0.357. The number of nitrogens with zero attached hydrogens (tertiary/aromatic N) is 2. The van der Waals surface area contributed by atoms with Crippen molar-refractivity contribution >= 4 is 16.8 Å². The van der Waals surface area contributed by atoms with Crippen LogP contribution in [0.1, 0.15) is 13.3 Å². The van der Waals surface area contributed by atoms with Crippen molar-refractivity contribution in [3.8, 4) is 0 Å². The first-order valence-corrected chi connectivity index (χ1v) is 6.47. The van der Waals surface area contributed by atoms with Crippen molar-refractivity contribution in [1.82, 2.24) is 14.9 Å². The fourth-order valence-electron chi connectivity index (χ4n) is 1.85. The Morgan fingerprint density at radius 2 is 2.20 bits per heavy atom. The summed E-state index contributed by atoms with van der Waals surface area (Å²) in [4.78, 5) is 28.0. The maximum atomic E-state index is 12.1. The summed E-state index contributed by atoms with van der Waals surface area (Å²) < 4.78 is 1.28. The molecule has 106 valence electrons. The average molecular weight is 275 g/mol. The first-order valence-electron chi connectivity index (χ1n) is 6.47. The third kappa shape index (κ3) is 3.42. The topological polar surface area (TPSA) is 84.2 Å². The number of aromatic nitrogens is 2. The molecule has 0 radical (unpaired) electrons. The van der Waals surface area contributed by atoms with Gasteiger partial charge in [-0.25, -0.2) is 4.98 Å². The number of fused-ring (bicyclic) bond motifs is 1. The van der Waals surface area contributed by atoms with E-state index in [4.69, 9.17) is 5.11 Å². The number of nitrogens with one attached hydrogen (secondary N) is 1. The molecule has 20 heavy (non-hydrogen) atoms. The quantitative estimate of drug-likeness (QED) is 0.821. The summed E-state index contributed by atoms with van der Waals surface area (Å²) in [6, 6.07) is 7.01. The molecule has 0 spiro atoms. The number of amides is 1. The summed E-state index contributed by atoms with van der Waals surface area (Å²) in [5.74, 6) is -0.273. The molecule has 0 aliphatic carbocycles. The molecule has 1 aromatic heterocycles. The van der Waals surface area contributed by atoms with Crippen molar-refractivity contribution in [2.45, 2.75) is 26.0 Å². The van der Waals surface area contributed by atoms with Crippen molar-refractivity contribution < 1.29 is 9.90 Å². The maximum Gasteiger partial charge on any atom is 0.261 e. The monoisotopic (exact) mass is 275 g/mol. The molecular weight excluding hydrogens is 258 g/mol. The van der Waals surface area contributed by atoms with Crippen molar-refractivity contribution in [1.29, 1.82) is 0 Å². The van der Waals surface area contributed by atoms with Crippen molar-refractivity contribution in [2.75, 3.05) is 6.54 Å². The molecule has 0 saturated heterocycles. The van der Waals surface area contributed by atoms with Crippen LogP contribution in [-0.2, 0) is 11.3 Å². The predicted molar refractivity (Wildman–Crippen MR) is 75.3 cm³/mol. The molecule has 2 rings (SSSR count). The van der Waals surface area contributed by atoms with Crippen LogP contribution in [0, 0.1) is 0 Å². The summed E-state index contributed by atoms with van der Waals surface area (Å²) >= 11 is 0. The first-order chi connectivity index (χ1) is 9.58. The van der Waals surface area contributed by atoms with Gasteiger partial charge >= 0.3 is 0 Å². The van der Waals surface area contributed by atoms with Gasteiger partial charge in [0, 0.05) is 6.54 Å². The van der Waals surface area contributed by atoms with Gasteiger partial charge in [-0.2, -0.15) is 0 Å². The van der Waals surface area contributed by atoms with E-state index in [1.165, 1.54) is 10.9 Å². The number of aliphatic hydroxyl groups excluding tert-OH is 1. The van der Waals surface area contributed by atoms with E-state index in [0.717, 1.165) is 0 Å². The Morgan fingerprint density at radius 3 is 2.95 bits per heavy atom. The maximum absolute atomic E-state index is 12.1. The van der Waals surface area contributed by atoms with Crippen LogP contribution >= 0.6 is 0 Å². The van der Waals surface area contributed by atoms with Crippen LogP contribution in [0.3, 0.4) is 0 Å². The van der Waals surface area contributed by atoms with E-state index in [0.29, 0.717) is 23.9 Å². The average Bonchev–Trinajstić information content (AvgIpc) is 2.42. The Hall–Kier alpha value is -2.21. The van der Waals surface area contributed by atoms with Crippen LogP contribution in [0.2, 0.25) is 0 Å². The molecule has 1 amide bonds. The fourth-order valence-corrected chi connectivity index (χ4v) is 1.85. The Labute approximate surface area is 116 Å². The highest BCUT2D eigenvalue weighted by Crippen LogP contribution is 2.04. The van der Waals surface area contributed by atoms with E-state index in [-0.39, 0.29) is 18.0 Å².